The predicted octanol–water partition coefficient (Wildman–Crippen LogP) is 2.93. The van der Waals surface area contributed by atoms with Gasteiger partial charge in [-0.15, -0.1) is 0 Å². The molecule has 1 rings (SSSR count). The van der Waals surface area contributed by atoms with Crippen molar-refractivity contribution in [2.45, 2.75) is 13.8 Å². The monoisotopic (exact) mass is 224 g/mol. The Kier molecular flexibility index (Phi) is 3.66. The van der Waals surface area contributed by atoms with E-state index < -0.39 is 23.0 Å². The number of benzene rings is 1. The number of carbonyl (C=O) groups excluding carboxylic acids is 2. The molecular formula is C12H10F2O2. The second-order valence-corrected chi connectivity index (χ2v) is 3.53. The molecular weight excluding hydrogens is 214 g/mol. The van der Waals surface area contributed by atoms with Gasteiger partial charge in [-0.25, -0.2) is 8.78 Å². The van der Waals surface area contributed by atoms with E-state index in [0.29, 0.717) is 5.57 Å². The number of carbonyl (C=O) groups is 2. The van der Waals surface area contributed by atoms with Crippen LogP contribution in [0.15, 0.2) is 23.8 Å². The average Bonchev–Trinajstić information content (AvgIpc) is 2.20. The van der Waals surface area contributed by atoms with Crippen LogP contribution in [0.5, 0.6) is 0 Å². The summed E-state index contributed by atoms with van der Waals surface area (Å²) in [6.45, 7) is 3.35. The van der Waals surface area contributed by atoms with E-state index in [2.05, 4.69) is 0 Å². The second-order valence-electron chi connectivity index (χ2n) is 3.53. The Labute approximate surface area is 91.6 Å². The molecule has 0 aromatic heterocycles. The topological polar surface area (TPSA) is 34.1 Å². The van der Waals surface area contributed by atoms with Gasteiger partial charge in [0.2, 0.25) is 0 Å². The molecule has 84 valence electrons. The summed E-state index contributed by atoms with van der Waals surface area (Å²) in [6.07, 6.45) is 1.41. The number of ketones is 1. The Morgan fingerprint density at radius 1 is 1.19 bits per heavy atom. The van der Waals surface area contributed by atoms with Crippen LogP contribution in [0.2, 0.25) is 0 Å². The molecule has 1 aromatic carbocycles. The highest BCUT2D eigenvalue weighted by molar-refractivity contribution is 6.05. The lowest BCUT2D eigenvalue weighted by molar-refractivity contribution is 0.103. The molecule has 0 unspecified atom stereocenters. The van der Waals surface area contributed by atoms with Crippen molar-refractivity contribution >= 4 is 12.1 Å². The smallest absolute Gasteiger partial charge is 0.188 e. The highest BCUT2D eigenvalue weighted by atomic mass is 19.2. The van der Waals surface area contributed by atoms with Crippen LogP contribution in [0.4, 0.5) is 8.78 Å². The van der Waals surface area contributed by atoms with Crippen molar-refractivity contribution in [3.63, 3.8) is 0 Å². The minimum Gasteiger partial charge on any atom is -0.298 e. The average molecular weight is 224 g/mol. The summed E-state index contributed by atoms with van der Waals surface area (Å²) in [7, 11) is 0. The van der Waals surface area contributed by atoms with Gasteiger partial charge < -0.3 is 0 Å². The molecule has 0 bridgehead atoms. The first-order valence-corrected chi connectivity index (χ1v) is 4.59. The van der Waals surface area contributed by atoms with Crippen LogP contribution in [0.3, 0.4) is 0 Å². The molecule has 0 saturated heterocycles. The fourth-order valence-corrected chi connectivity index (χ4v) is 1.19. The molecule has 0 spiro atoms. The van der Waals surface area contributed by atoms with Gasteiger partial charge in [0.05, 0.1) is 11.1 Å². The molecule has 0 atom stereocenters. The third-order valence-electron chi connectivity index (χ3n) is 1.92. The first kappa shape index (κ1) is 12.2. The number of allylic oxidation sites excluding steroid dienone is 2. The zero-order valence-electron chi connectivity index (χ0n) is 8.88. The van der Waals surface area contributed by atoms with Crippen LogP contribution >= 0.6 is 0 Å². The number of aldehydes is 1. The molecule has 0 saturated carbocycles. The standard InChI is InChI=1S/C12H10F2O2/c1-7(2)5-10(16)9-4-3-8(6-15)11(13)12(9)14/h3-6H,1-2H3. The van der Waals surface area contributed by atoms with Crippen LogP contribution in [-0.2, 0) is 0 Å². The molecule has 4 heteroatoms. The molecule has 0 aliphatic carbocycles. The SMILES string of the molecule is CC(C)=CC(=O)c1ccc(C=O)c(F)c1F. The summed E-state index contributed by atoms with van der Waals surface area (Å²) in [6, 6.07) is 2.18. The lowest BCUT2D eigenvalue weighted by Gasteiger charge is -2.02. The maximum Gasteiger partial charge on any atom is 0.188 e. The molecule has 0 radical (unpaired) electrons. The van der Waals surface area contributed by atoms with Crippen LogP contribution in [0.1, 0.15) is 34.6 Å². The summed E-state index contributed by atoms with van der Waals surface area (Å²) in [4.78, 5) is 21.8. The van der Waals surface area contributed by atoms with Gasteiger partial charge in [-0.2, -0.15) is 0 Å². The Hall–Kier alpha value is -1.84. The Balaban J connectivity index is 3.28. The lowest BCUT2D eigenvalue weighted by Crippen LogP contribution is -2.04. The van der Waals surface area contributed by atoms with Crippen LogP contribution in [0.25, 0.3) is 0 Å². The maximum absolute atomic E-state index is 13.4. The van der Waals surface area contributed by atoms with E-state index in [1.54, 1.807) is 13.8 Å². The Bertz CT molecular complexity index is 472. The van der Waals surface area contributed by atoms with Crippen molar-refractivity contribution in [3.8, 4) is 0 Å². The Morgan fingerprint density at radius 3 is 2.31 bits per heavy atom. The van der Waals surface area contributed by atoms with E-state index in [4.69, 9.17) is 0 Å². The first-order valence-electron chi connectivity index (χ1n) is 4.59. The summed E-state index contributed by atoms with van der Waals surface area (Å²) < 4.78 is 26.5. The molecule has 1 aromatic rings. The second kappa shape index (κ2) is 4.79. The van der Waals surface area contributed by atoms with E-state index in [9.17, 15) is 18.4 Å². The molecule has 0 amide bonds. The molecule has 2 nitrogen and oxygen atoms in total. The van der Waals surface area contributed by atoms with Crippen LogP contribution < -0.4 is 0 Å². The van der Waals surface area contributed by atoms with E-state index in [1.165, 1.54) is 6.08 Å². The van der Waals surface area contributed by atoms with Gasteiger partial charge >= 0.3 is 0 Å². The summed E-state index contributed by atoms with van der Waals surface area (Å²) in [5, 5.41) is 0. The summed E-state index contributed by atoms with van der Waals surface area (Å²) >= 11 is 0. The number of hydrogen-bond acceptors (Lipinski definition) is 2. The van der Waals surface area contributed by atoms with Crippen molar-refractivity contribution in [3.05, 3.63) is 46.5 Å². The third-order valence-corrected chi connectivity index (χ3v) is 1.92. The quantitative estimate of drug-likeness (QED) is 0.449. The maximum atomic E-state index is 13.4. The van der Waals surface area contributed by atoms with Crippen molar-refractivity contribution < 1.29 is 18.4 Å². The predicted molar refractivity (Wildman–Crippen MR) is 55.5 cm³/mol. The van der Waals surface area contributed by atoms with Crippen molar-refractivity contribution in [2.24, 2.45) is 0 Å². The molecule has 16 heavy (non-hydrogen) atoms. The van der Waals surface area contributed by atoms with E-state index in [1.807, 2.05) is 0 Å². The highest BCUT2D eigenvalue weighted by Gasteiger charge is 2.16. The van der Waals surface area contributed by atoms with Gasteiger partial charge in [0.25, 0.3) is 0 Å². The van der Waals surface area contributed by atoms with Gasteiger partial charge in [0, 0.05) is 0 Å². The Morgan fingerprint density at radius 2 is 1.81 bits per heavy atom. The molecule has 0 aliphatic rings. The normalized spacial score (nSPS) is 9.75. The van der Waals surface area contributed by atoms with Crippen LogP contribution in [0, 0.1) is 11.6 Å². The fraction of sp³-hybridized carbons (Fsp3) is 0.167. The number of halogens is 2. The lowest BCUT2D eigenvalue weighted by atomic mass is 10.1. The molecule has 0 heterocycles. The molecule has 0 fully saturated rings. The van der Waals surface area contributed by atoms with Gasteiger partial charge in [0.15, 0.2) is 23.7 Å². The van der Waals surface area contributed by atoms with E-state index in [0.717, 1.165) is 12.1 Å². The fourth-order valence-electron chi connectivity index (χ4n) is 1.19. The van der Waals surface area contributed by atoms with Gasteiger partial charge in [-0.05, 0) is 32.1 Å². The number of hydrogen-bond donors (Lipinski definition) is 0. The van der Waals surface area contributed by atoms with Gasteiger partial charge in [0.1, 0.15) is 0 Å². The highest BCUT2D eigenvalue weighted by Crippen LogP contribution is 2.16. The molecule has 0 N–H and O–H groups in total. The molecule has 0 aliphatic heterocycles. The minimum absolute atomic E-state index is 0.202. The zero-order valence-corrected chi connectivity index (χ0v) is 8.88. The van der Waals surface area contributed by atoms with Crippen molar-refractivity contribution in [1.82, 2.24) is 0 Å². The van der Waals surface area contributed by atoms with Gasteiger partial charge in [-0.1, -0.05) is 5.57 Å². The van der Waals surface area contributed by atoms with Crippen LogP contribution in [-0.4, -0.2) is 12.1 Å². The number of rotatable bonds is 3. The zero-order chi connectivity index (χ0) is 12.3. The summed E-state index contributed by atoms with van der Waals surface area (Å²) in [5.41, 5.74) is -0.0835. The van der Waals surface area contributed by atoms with Crippen molar-refractivity contribution in [1.29, 1.82) is 0 Å². The largest absolute Gasteiger partial charge is 0.298 e. The summed E-state index contributed by atoms with van der Waals surface area (Å²) in [5.74, 6) is -3.19. The van der Waals surface area contributed by atoms with E-state index in [-0.39, 0.29) is 11.8 Å². The van der Waals surface area contributed by atoms with Crippen molar-refractivity contribution in [2.75, 3.05) is 0 Å². The minimum atomic E-state index is -1.29. The first-order chi connectivity index (χ1) is 7.47. The van der Waals surface area contributed by atoms with Gasteiger partial charge in [-0.3, -0.25) is 9.59 Å². The van der Waals surface area contributed by atoms with E-state index >= 15 is 0 Å². The third kappa shape index (κ3) is 2.39.